The standard InChI is InChI=1S/C21H25FN2O4S/c1-15-11-16(2)13-24(12-15)29(26,27)20-9-5-18(6-10-20)23-21(25)14-28-19-7-3-17(22)4-8-19/h3-10,15-16H,11-14H2,1-2H3,(H,23,25). The molecule has 1 amide bonds. The third-order valence-corrected chi connectivity index (χ3v) is 6.64. The topological polar surface area (TPSA) is 75.7 Å². The Labute approximate surface area is 170 Å². The van der Waals surface area contributed by atoms with Crippen LogP contribution in [0.3, 0.4) is 0 Å². The lowest BCUT2D eigenvalue weighted by Crippen LogP contribution is -2.42. The number of nitrogens with zero attached hydrogens (tertiary/aromatic N) is 1. The molecule has 3 rings (SSSR count). The number of anilines is 1. The van der Waals surface area contributed by atoms with Crippen LogP contribution in [0, 0.1) is 17.7 Å². The minimum atomic E-state index is -3.56. The lowest BCUT2D eigenvalue weighted by Gasteiger charge is -2.34. The summed E-state index contributed by atoms with van der Waals surface area (Å²) < 4.78 is 45.5. The van der Waals surface area contributed by atoms with E-state index in [2.05, 4.69) is 19.2 Å². The number of carbonyl (C=O) groups is 1. The lowest BCUT2D eigenvalue weighted by molar-refractivity contribution is -0.118. The number of rotatable bonds is 6. The maximum atomic E-state index is 12.9. The molecule has 29 heavy (non-hydrogen) atoms. The Morgan fingerprint density at radius 1 is 1.07 bits per heavy atom. The summed E-state index contributed by atoms with van der Waals surface area (Å²) in [6.07, 6.45) is 1.02. The van der Waals surface area contributed by atoms with Crippen molar-refractivity contribution in [2.75, 3.05) is 25.0 Å². The summed E-state index contributed by atoms with van der Waals surface area (Å²) >= 11 is 0. The zero-order chi connectivity index (χ0) is 21.0. The van der Waals surface area contributed by atoms with Crippen LogP contribution in [0.5, 0.6) is 5.75 Å². The third kappa shape index (κ3) is 5.55. The molecule has 0 radical (unpaired) electrons. The first-order chi connectivity index (χ1) is 13.7. The highest BCUT2D eigenvalue weighted by Gasteiger charge is 2.31. The second-order valence-corrected chi connectivity index (χ2v) is 9.52. The van der Waals surface area contributed by atoms with E-state index < -0.39 is 15.9 Å². The van der Waals surface area contributed by atoms with Crippen LogP contribution in [-0.4, -0.2) is 38.3 Å². The normalized spacial score (nSPS) is 20.2. The van der Waals surface area contributed by atoms with Crippen molar-refractivity contribution in [2.24, 2.45) is 11.8 Å². The molecule has 0 saturated carbocycles. The highest BCUT2D eigenvalue weighted by molar-refractivity contribution is 7.89. The average molecular weight is 421 g/mol. The molecule has 1 N–H and O–H groups in total. The molecule has 1 saturated heterocycles. The Hall–Kier alpha value is -2.45. The van der Waals surface area contributed by atoms with Crippen molar-refractivity contribution in [1.29, 1.82) is 0 Å². The van der Waals surface area contributed by atoms with E-state index in [9.17, 15) is 17.6 Å². The number of carbonyl (C=O) groups excluding carboxylic acids is 1. The van der Waals surface area contributed by atoms with Gasteiger partial charge in [-0.25, -0.2) is 12.8 Å². The van der Waals surface area contributed by atoms with Gasteiger partial charge < -0.3 is 10.1 Å². The molecule has 0 aliphatic carbocycles. The van der Waals surface area contributed by atoms with Gasteiger partial charge in [-0.1, -0.05) is 13.8 Å². The molecule has 2 unspecified atom stereocenters. The van der Waals surface area contributed by atoms with Crippen molar-refractivity contribution in [1.82, 2.24) is 4.31 Å². The number of halogens is 1. The van der Waals surface area contributed by atoms with Crippen molar-refractivity contribution < 1.29 is 22.3 Å². The van der Waals surface area contributed by atoms with Crippen molar-refractivity contribution >= 4 is 21.6 Å². The van der Waals surface area contributed by atoms with E-state index in [1.807, 2.05) is 0 Å². The van der Waals surface area contributed by atoms with Crippen LogP contribution in [0.15, 0.2) is 53.4 Å². The van der Waals surface area contributed by atoms with Gasteiger partial charge in [-0.05, 0) is 66.8 Å². The zero-order valence-corrected chi connectivity index (χ0v) is 17.3. The number of benzene rings is 2. The SMILES string of the molecule is CC1CC(C)CN(S(=O)(=O)c2ccc(NC(=O)COc3ccc(F)cc3)cc2)C1. The van der Waals surface area contributed by atoms with Gasteiger partial charge in [-0.3, -0.25) is 4.79 Å². The van der Waals surface area contributed by atoms with Crippen LogP contribution < -0.4 is 10.1 Å². The number of ether oxygens (including phenoxy) is 1. The van der Waals surface area contributed by atoms with Crippen molar-refractivity contribution in [2.45, 2.75) is 25.2 Å². The molecule has 2 atom stereocenters. The Morgan fingerprint density at radius 3 is 2.24 bits per heavy atom. The van der Waals surface area contributed by atoms with Gasteiger partial charge >= 0.3 is 0 Å². The molecule has 1 aliphatic heterocycles. The second-order valence-electron chi connectivity index (χ2n) is 7.58. The second kappa shape index (κ2) is 8.92. The molecule has 2 aromatic carbocycles. The van der Waals surface area contributed by atoms with Gasteiger partial charge in [0, 0.05) is 18.8 Å². The van der Waals surface area contributed by atoms with Crippen LogP contribution >= 0.6 is 0 Å². The Balaban J connectivity index is 1.59. The van der Waals surface area contributed by atoms with E-state index in [-0.39, 0.29) is 17.3 Å². The Bertz CT molecular complexity index is 936. The van der Waals surface area contributed by atoms with Gasteiger partial charge in [0.1, 0.15) is 11.6 Å². The molecule has 0 spiro atoms. The van der Waals surface area contributed by atoms with Crippen LogP contribution in [0.25, 0.3) is 0 Å². The molecule has 0 bridgehead atoms. The monoisotopic (exact) mass is 420 g/mol. The Morgan fingerprint density at radius 2 is 1.66 bits per heavy atom. The van der Waals surface area contributed by atoms with E-state index in [4.69, 9.17) is 4.74 Å². The fourth-order valence-corrected chi connectivity index (χ4v) is 5.22. The maximum Gasteiger partial charge on any atom is 0.262 e. The average Bonchev–Trinajstić information content (AvgIpc) is 2.67. The van der Waals surface area contributed by atoms with Crippen molar-refractivity contribution in [3.05, 3.63) is 54.3 Å². The van der Waals surface area contributed by atoms with Crippen molar-refractivity contribution in [3.63, 3.8) is 0 Å². The van der Waals surface area contributed by atoms with Crippen LogP contribution in [0.4, 0.5) is 10.1 Å². The van der Waals surface area contributed by atoms with Gasteiger partial charge in [0.2, 0.25) is 10.0 Å². The van der Waals surface area contributed by atoms with Crippen molar-refractivity contribution in [3.8, 4) is 5.75 Å². The summed E-state index contributed by atoms with van der Waals surface area (Å²) in [7, 11) is -3.56. The summed E-state index contributed by atoms with van der Waals surface area (Å²) in [6.45, 7) is 4.92. The molecule has 1 heterocycles. The minimum absolute atomic E-state index is 0.208. The fourth-order valence-electron chi connectivity index (χ4n) is 3.54. The molecule has 156 valence electrons. The molecular weight excluding hydrogens is 395 g/mol. The van der Waals surface area contributed by atoms with Crippen LogP contribution in [-0.2, 0) is 14.8 Å². The number of amides is 1. The van der Waals surface area contributed by atoms with Gasteiger partial charge in [-0.15, -0.1) is 0 Å². The van der Waals surface area contributed by atoms with E-state index in [1.165, 1.54) is 40.7 Å². The highest BCUT2D eigenvalue weighted by Crippen LogP contribution is 2.27. The molecule has 1 fully saturated rings. The van der Waals surface area contributed by atoms with Gasteiger partial charge in [0.25, 0.3) is 5.91 Å². The number of piperidine rings is 1. The summed E-state index contributed by atoms with van der Waals surface area (Å²) in [4.78, 5) is 12.2. The number of nitrogens with one attached hydrogen (secondary N) is 1. The van der Waals surface area contributed by atoms with Gasteiger partial charge in [0.15, 0.2) is 6.61 Å². The van der Waals surface area contributed by atoms with Gasteiger partial charge in [-0.2, -0.15) is 4.31 Å². The number of hydrogen-bond acceptors (Lipinski definition) is 4. The highest BCUT2D eigenvalue weighted by atomic mass is 32.2. The molecule has 2 aromatic rings. The molecular formula is C21H25FN2O4S. The van der Waals surface area contributed by atoms with E-state index >= 15 is 0 Å². The van der Waals surface area contributed by atoms with E-state index in [0.717, 1.165) is 6.42 Å². The molecule has 8 heteroatoms. The summed E-state index contributed by atoms with van der Waals surface area (Å²) in [6, 6.07) is 11.5. The lowest BCUT2D eigenvalue weighted by atomic mass is 9.94. The maximum absolute atomic E-state index is 12.9. The largest absolute Gasteiger partial charge is 0.484 e. The Kier molecular flexibility index (Phi) is 6.54. The third-order valence-electron chi connectivity index (χ3n) is 4.79. The molecule has 6 nitrogen and oxygen atoms in total. The quantitative estimate of drug-likeness (QED) is 0.776. The predicted molar refractivity (Wildman–Crippen MR) is 109 cm³/mol. The smallest absolute Gasteiger partial charge is 0.262 e. The van der Waals surface area contributed by atoms with E-state index in [0.29, 0.717) is 36.4 Å². The first kappa shape index (κ1) is 21.3. The minimum Gasteiger partial charge on any atom is -0.484 e. The summed E-state index contributed by atoms with van der Waals surface area (Å²) in [5, 5.41) is 2.65. The van der Waals surface area contributed by atoms with E-state index in [1.54, 1.807) is 12.1 Å². The van der Waals surface area contributed by atoms with Gasteiger partial charge in [0.05, 0.1) is 4.90 Å². The van der Waals surface area contributed by atoms with Crippen LogP contribution in [0.2, 0.25) is 0 Å². The first-order valence-corrected chi connectivity index (χ1v) is 11.0. The fraction of sp³-hybridized carbons (Fsp3) is 0.381. The molecule has 1 aliphatic rings. The molecule has 0 aromatic heterocycles. The summed E-state index contributed by atoms with van der Waals surface area (Å²) in [5.41, 5.74) is 0.469. The first-order valence-electron chi connectivity index (χ1n) is 9.52. The zero-order valence-electron chi connectivity index (χ0n) is 16.5. The summed E-state index contributed by atoms with van der Waals surface area (Å²) in [5.74, 6) is 0.253. The predicted octanol–water partition coefficient (Wildman–Crippen LogP) is 3.51. The number of hydrogen-bond donors (Lipinski definition) is 1. The number of sulfonamides is 1. The van der Waals surface area contributed by atoms with Crippen LogP contribution in [0.1, 0.15) is 20.3 Å².